The maximum Gasteiger partial charge on any atom is 0.253 e. The lowest BCUT2D eigenvalue weighted by Gasteiger charge is -2.11. The molecule has 6 heteroatoms. The van der Waals surface area contributed by atoms with E-state index in [1.165, 1.54) is 12.1 Å². The summed E-state index contributed by atoms with van der Waals surface area (Å²) in [5.74, 6) is -1.57. The van der Waals surface area contributed by atoms with Gasteiger partial charge in [0.25, 0.3) is 5.91 Å². The second-order valence-electron chi connectivity index (χ2n) is 4.41. The van der Waals surface area contributed by atoms with Crippen molar-refractivity contribution in [2.45, 2.75) is 36.7 Å². The minimum atomic E-state index is -0.658. The van der Waals surface area contributed by atoms with Gasteiger partial charge in [-0.25, -0.2) is 14.3 Å². The van der Waals surface area contributed by atoms with Gasteiger partial charge in [-0.3, -0.25) is 9.63 Å². The molecule has 0 spiro atoms. The molecule has 0 bridgehead atoms. The molecule has 0 unspecified atom stereocenters. The molecule has 104 valence electrons. The zero-order valence-corrected chi connectivity index (χ0v) is 11.1. The van der Waals surface area contributed by atoms with Gasteiger partial charge in [-0.05, 0) is 25.0 Å². The Morgan fingerprint density at radius 3 is 2.79 bits per heavy atom. The quantitative estimate of drug-likeness (QED) is 0.668. The maximum absolute atomic E-state index is 13.3. The Hall–Kier alpha value is -1.14. The highest BCUT2D eigenvalue weighted by molar-refractivity contribution is 8.00. The number of hydrogen-bond donors (Lipinski definition) is 1. The largest absolute Gasteiger partial charge is 0.272 e. The summed E-state index contributed by atoms with van der Waals surface area (Å²) in [4.78, 5) is 17.0. The lowest BCUT2D eigenvalue weighted by Crippen LogP contribution is -2.29. The molecule has 1 amide bonds. The number of nitrogens with one attached hydrogen (secondary N) is 1. The molecule has 2 rings (SSSR count). The van der Waals surface area contributed by atoms with Gasteiger partial charge in [-0.15, -0.1) is 11.8 Å². The van der Waals surface area contributed by atoms with E-state index in [-0.39, 0.29) is 22.7 Å². The van der Waals surface area contributed by atoms with Crippen LogP contribution in [-0.4, -0.2) is 17.8 Å². The molecule has 1 aromatic rings. The molecule has 0 radical (unpaired) electrons. The highest BCUT2D eigenvalue weighted by Crippen LogP contribution is 2.22. The van der Waals surface area contributed by atoms with Gasteiger partial charge in [0.15, 0.2) is 0 Å². The second-order valence-corrected chi connectivity index (χ2v) is 5.43. The average Bonchev–Trinajstić information content (AvgIpc) is 2.88. The number of amides is 1. The minimum absolute atomic E-state index is 0.0370. The van der Waals surface area contributed by atoms with Gasteiger partial charge < -0.3 is 0 Å². The van der Waals surface area contributed by atoms with Crippen molar-refractivity contribution < 1.29 is 18.4 Å². The Morgan fingerprint density at radius 1 is 1.37 bits per heavy atom. The van der Waals surface area contributed by atoms with Crippen molar-refractivity contribution in [1.29, 1.82) is 0 Å². The van der Waals surface area contributed by atoms with Crippen LogP contribution in [0.25, 0.3) is 0 Å². The Balaban J connectivity index is 1.73. The van der Waals surface area contributed by atoms with E-state index in [2.05, 4.69) is 5.48 Å². The van der Waals surface area contributed by atoms with E-state index < -0.39 is 11.6 Å². The van der Waals surface area contributed by atoms with Crippen molar-refractivity contribution >= 4 is 17.7 Å². The topological polar surface area (TPSA) is 38.3 Å². The summed E-state index contributed by atoms with van der Waals surface area (Å²) in [6, 6.07) is 3.29. The SMILES string of the molecule is O=C(CSc1ccc(F)cc1F)NOC1CCCC1. The third-order valence-electron chi connectivity index (χ3n) is 2.89. The molecule has 19 heavy (non-hydrogen) atoms. The molecule has 1 aliphatic rings. The average molecular weight is 287 g/mol. The van der Waals surface area contributed by atoms with Crippen LogP contribution >= 0.6 is 11.8 Å². The van der Waals surface area contributed by atoms with Gasteiger partial charge in [-0.2, -0.15) is 0 Å². The van der Waals surface area contributed by atoms with E-state index in [0.29, 0.717) is 0 Å². The van der Waals surface area contributed by atoms with Crippen molar-refractivity contribution in [3.05, 3.63) is 29.8 Å². The van der Waals surface area contributed by atoms with Crippen LogP contribution in [0.15, 0.2) is 23.1 Å². The number of rotatable bonds is 5. The van der Waals surface area contributed by atoms with E-state index in [1.807, 2.05) is 0 Å². The zero-order chi connectivity index (χ0) is 13.7. The first kappa shape index (κ1) is 14.3. The first-order valence-corrected chi connectivity index (χ1v) is 7.16. The number of hydrogen-bond acceptors (Lipinski definition) is 3. The van der Waals surface area contributed by atoms with E-state index in [0.717, 1.165) is 43.5 Å². The van der Waals surface area contributed by atoms with Crippen molar-refractivity contribution in [2.24, 2.45) is 0 Å². The van der Waals surface area contributed by atoms with Gasteiger partial charge in [0.2, 0.25) is 0 Å². The van der Waals surface area contributed by atoms with Crippen LogP contribution in [0.4, 0.5) is 8.78 Å². The Kier molecular flexibility index (Phi) is 5.15. The molecule has 1 N–H and O–H groups in total. The Labute approximate surface area is 114 Å². The number of carbonyl (C=O) groups excluding carboxylic acids is 1. The van der Waals surface area contributed by atoms with Crippen LogP contribution in [0.3, 0.4) is 0 Å². The molecule has 1 saturated carbocycles. The fourth-order valence-electron chi connectivity index (χ4n) is 1.92. The summed E-state index contributed by atoms with van der Waals surface area (Å²) in [6.07, 6.45) is 4.25. The standard InChI is InChI=1S/C13H15F2NO2S/c14-9-5-6-12(11(15)7-9)19-8-13(17)16-18-10-3-1-2-4-10/h5-7,10H,1-4,8H2,(H,16,17). The summed E-state index contributed by atoms with van der Waals surface area (Å²) in [6.45, 7) is 0. The number of benzene rings is 1. The lowest BCUT2D eigenvalue weighted by atomic mass is 10.3. The minimum Gasteiger partial charge on any atom is -0.272 e. The highest BCUT2D eigenvalue weighted by Gasteiger charge is 2.17. The maximum atomic E-state index is 13.3. The van der Waals surface area contributed by atoms with E-state index in [1.54, 1.807) is 0 Å². The molecule has 0 saturated heterocycles. The monoisotopic (exact) mass is 287 g/mol. The molecule has 0 atom stereocenters. The van der Waals surface area contributed by atoms with Crippen LogP contribution in [0.1, 0.15) is 25.7 Å². The van der Waals surface area contributed by atoms with Gasteiger partial charge in [0, 0.05) is 11.0 Å². The number of hydroxylamine groups is 1. The molecular weight excluding hydrogens is 272 g/mol. The summed E-state index contributed by atoms with van der Waals surface area (Å²) in [7, 11) is 0. The van der Waals surface area contributed by atoms with E-state index >= 15 is 0 Å². The van der Waals surface area contributed by atoms with E-state index in [9.17, 15) is 13.6 Å². The van der Waals surface area contributed by atoms with Crippen LogP contribution in [0.2, 0.25) is 0 Å². The molecule has 3 nitrogen and oxygen atoms in total. The first-order chi connectivity index (χ1) is 9.15. The second kappa shape index (κ2) is 6.86. The molecule has 1 fully saturated rings. The number of thioether (sulfide) groups is 1. The van der Waals surface area contributed by atoms with Crippen molar-refractivity contribution in [3.63, 3.8) is 0 Å². The van der Waals surface area contributed by atoms with Gasteiger partial charge >= 0.3 is 0 Å². The molecule has 0 heterocycles. The molecule has 1 aliphatic carbocycles. The van der Waals surface area contributed by atoms with Crippen LogP contribution in [0.5, 0.6) is 0 Å². The van der Waals surface area contributed by atoms with Gasteiger partial charge in [0.05, 0.1) is 11.9 Å². The third kappa shape index (κ3) is 4.47. The van der Waals surface area contributed by atoms with Crippen molar-refractivity contribution in [1.82, 2.24) is 5.48 Å². The molecular formula is C13H15F2NO2S. The number of halogens is 2. The summed E-state index contributed by atoms with van der Waals surface area (Å²) in [5.41, 5.74) is 2.37. The third-order valence-corrected chi connectivity index (χ3v) is 3.94. The Bertz CT molecular complexity index is 450. The summed E-state index contributed by atoms with van der Waals surface area (Å²) >= 11 is 1.01. The van der Waals surface area contributed by atoms with Crippen LogP contribution < -0.4 is 5.48 Å². The van der Waals surface area contributed by atoms with Crippen molar-refractivity contribution in [3.8, 4) is 0 Å². The van der Waals surface area contributed by atoms with Crippen LogP contribution in [0, 0.1) is 11.6 Å². The fraction of sp³-hybridized carbons (Fsp3) is 0.462. The predicted molar refractivity (Wildman–Crippen MR) is 68.6 cm³/mol. The lowest BCUT2D eigenvalue weighted by molar-refractivity contribution is -0.135. The smallest absolute Gasteiger partial charge is 0.253 e. The molecule has 1 aromatic carbocycles. The Morgan fingerprint density at radius 2 is 2.11 bits per heavy atom. The van der Waals surface area contributed by atoms with Gasteiger partial charge in [-0.1, -0.05) is 12.8 Å². The fourth-order valence-corrected chi connectivity index (χ4v) is 2.63. The highest BCUT2D eigenvalue weighted by atomic mass is 32.2. The summed E-state index contributed by atoms with van der Waals surface area (Å²) in [5, 5.41) is 0. The predicted octanol–water partition coefficient (Wildman–Crippen LogP) is 3.05. The van der Waals surface area contributed by atoms with E-state index in [4.69, 9.17) is 4.84 Å². The normalized spacial score (nSPS) is 15.7. The number of carbonyl (C=O) groups is 1. The summed E-state index contributed by atoms with van der Waals surface area (Å²) < 4.78 is 26.0. The molecule has 0 aromatic heterocycles. The van der Waals surface area contributed by atoms with Crippen molar-refractivity contribution in [2.75, 3.05) is 5.75 Å². The zero-order valence-electron chi connectivity index (χ0n) is 10.3. The van der Waals surface area contributed by atoms with Gasteiger partial charge in [0.1, 0.15) is 11.6 Å². The van der Waals surface area contributed by atoms with Crippen LogP contribution in [-0.2, 0) is 9.63 Å². The molecule has 0 aliphatic heterocycles. The first-order valence-electron chi connectivity index (χ1n) is 6.17.